The summed E-state index contributed by atoms with van der Waals surface area (Å²) in [7, 11) is 0. The van der Waals surface area contributed by atoms with Crippen LogP contribution in [0.5, 0.6) is 11.8 Å². The van der Waals surface area contributed by atoms with E-state index in [0.29, 0.717) is 11.9 Å². The van der Waals surface area contributed by atoms with Gasteiger partial charge in [0, 0.05) is 12.4 Å². The van der Waals surface area contributed by atoms with E-state index in [1.54, 1.807) is 12.4 Å². The molecule has 0 saturated carbocycles. The molecule has 0 bridgehead atoms. The normalized spacial score (nSPS) is 10.8. The van der Waals surface area contributed by atoms with Crippen LogP contribution < -0.4 is 4.74 Å². The Bertz CT molecular complexity index is 461. The first kappa shape index (κ1) is 10.7. The summed E-state index contributed by atoms with van der Waals surface area (Å²) >= 11 is 0. The highest BCUT2D eigenvalue weighted by atomic mass is 16.5. The van der Waals surface area contributed by atoms with Gasteiger partial charge in [-0.25, -0.2) is 4.98 Å². The van der Waals surface area contributed by atoms with Gasteiger partial charge in [0.1, 0.15) is 5.75 Å². The fourth-order valence-electron chi connectivity index (χ4n) is 1.62. The third-order valence-corrected chi connectivity index (χ3v) is 2.47. The number of H-pyrrole nitrogens is 1. The maximum atomic E-state index is 5.72. The summed E-state index contributed by atoms with van der Waals surface area (Å²) in [5.74, 6) is 1.32. The Labute approximate surface area is 95.5 Å². The van der Waals surface area contributed by atoms with Gasteiger partial charge >= 0.3 is 0 Å². The molecule has 0 aliphatic rings. The van der Waals surface area contributed by atoms with Gasteiger partial charge in [-0.05, 0) is 30.0 Å². The van der Waals surface area contributed by atoms with Crippen LogP contribution in [0.15, 0.2) is 30.6 Å². The zero-order valence-electron chi connectivity index (χ0n) is 9.82. The molecular formula is C13H16N2O. The van der Waals surface area contributed by atoms with E-state index in [4.69, 9.17) is 4.74 Å². The van der Waals surface area contributed by atoms with Crippen molar-refractivity contribution in [2.45, 2.75) is 26.7 Å². The average molecular weight is 216 g/mol. The Morgan fingerprint density at radius 2 is 2.12 bits per heavy atom. The lowest BCUT2D eigenvalue weighted by Gasteiger charge is -2.12. The molecule has 0 fully saturated rings. The maximum absolute atomic E-state index is 5.72. The molecule has 0 unspecified atom stereocenters. The second-order valence-corrected chi connectivity index (χ2v) is 4.19. The van der Waals surface area contributed by atoms with E-state index in [0.717, 1.165) is 5.75 Å². The van der Waals surface area contributed by atoms with E-state index >= 15 is 0 Å². The van der Waals surface area contributed by atoms with Crippen molar-refractivity contribution < 1.29 is 4.74 Å². The monoisotopic (exact) mass is 216 g/mol. The summed E-state index contributed by atoms with van der Waals surface area (Å²) in [5.41, 5.74) is 2.38. The first-order chi connectivity index (χ1) is 7.66. The van der Waals surface area contributed by atoms with Crippen molar-refractivity contribution in [1.29, 1.82) is 0 Å². The van der Waals surface area contributed by atoms with E-state index in [1.165, 1.54) is 11.1 Å². The van der Waals surface area contributed by atoms with Crippen LogP contribution in [-0.4, -0.2) is 9.97 Å². The number of ether oxygens (including phenoxy) is 1. The van der Waals surface area contributed by atoms with Crippen LogP contribution in [0.2, 0.25) is 0 Å². The Morgan fingerprint density at radius 1 is 1.31 bits per heavy atom. The van der Waals surface area contributed by atoms with Crippen LogP contribution in [0.25, 0.3) is 0 Å². The molecule has 0 amide bonds. The number of imidazole rings is 1. The fourth-order valence-corrected chi connectivity index (χ4v) is 1.62. The number of nitrogens with zero attached hydrogens (tertiary/aromatic N) is 1. The van der Waals surface area contributed by atoms with Gasteiger partial charge in [-0.15, -0.1) is 0 Å². The highest BCUT2D eigenvalue weighted by Gasteiger charge is 2.09. The number of hydrogen-bond donors (Lipinski definition) is 1. The van der Waals surface area contributed by atoms with Crippen molar-refractivity contribution >= 4 is 0 Å². The van der Waals surface area contributed by atoms with Gasteiger partial charge in [-0.1, -0.05) is 26.0 Å². The fraction of sp³-hybridized carbons (Fsp3) is 0.308. The van der Waals surface area contributed by atoms with Gasteiger partial charge < -0.3 is 9.72 Å². The van der Waals surface area contributed by atoms with E-state index in [9.17, 15) is 0 Å². The molecule has 1 aromatic carbocycles. The molecule has 84 valence electrons. The molecule has 16 heavy (non-hydrogen) atoms. The number of aromatic nitrogens is 2. The Morgan fingerprint density at radius 3 is 2.75 bits per heavy atom. The number of rotatable bonds is 3. The van der Waals surface area contributed by atoms with E-state index in [1.807, 2.05) is 6.07 Å². The maximum Gasteiger partial charge on any atom is 0.299 e. The Hall–Kier alpha value is -1.77. The van der Waals surface area contributed by atoms with Gasteiger partial charge in [0.05, 0.1) is 0 Å². The minimum atomic E-state index is 0.436. The number of benzene rings is 1. The number of aryl methyl sites for hydroxylation is 1. The van der Waals surface area contributed by atoms with Crippen molar-refractivity contribution in [3.63, 3.8) is 0 Å². The molecule has 1 N–H and O–H groups in total. The third-order valence-electron chi connectivity index (χ3n) is 2.47. The lowest BCUT2D eigenvalue weighted by Crippen LogP contribution is -1.95. The molecule has 0 saturated heterocycles. The summed E-state index contributed by atoms with van der Waals surface area (Å²) < 4.78 is 5.72. The van der Waals surface area contributed by atoms with Crippen molar-refractivity contribution in [3.8, 4) is 11.8 Å². The lowest BCUT2D eigenvalue weighted by molar-refractivity contribution is 0.439. The van der Waals surface area contributed by atoms with Crippen molar-refractivity contribution in [2.24, 2.45) is 0 Å². The lowest BCUT2D eigenvalue weighted by atomic mass is 10.0. The summed E-state index contributed by atoms with van der Waals surface area (Å²) in [6.45, 7) is 6.36. The van der Waals surface area contributed by atoms with Crippen LogP contribution in [0, 0.1) is 6.92 Å². The second-order valence-electron chi connectivity index (χ2n) is 4.19. The van der Waals surface area contributed by atoms with Gasteiger partial charge in [0.2, 0.25) is 0 Å². The highest BCUT2D eigenvalue weighted by Crippen LogP contribution is 2.29. The molecule has 0 atom stereocenters. The molecule has 0 aliphatic heterocycles. The average Bonchev–Trinajstić information content (AvgIpc) is 2.70. The predicted molar refractivity (Wildman–Crippen MR) is 63.9 cm³/mol. The Kier molecular flexibility index (Phi) is 2.95. The SMILES string of the molecule is Cc1ccc(C(C)C)c(Oc2ncc[nH]2)c1. The minimum absolute atomic E-state index is 0.436. The van der Waals surface area contributed by atoms with Crippen molar-refractivity contribution in [1.82, 2.24) is 9.97 Å². The summed E-state index contributed by atoms with van der Waals surface area (Å²) in [5, 5.41) is 0. The third kappa shape index (κ3) is 2.24. The van der Waals surface area contributed by atoms with E-state index in [-0.39, 0.29) is 0 Å². The van der Waals surface area contributed by atoms with Crippen LogP contribution in [-0.2, 0) is 0 Å². The Balaban J connectivity index is 2.34. The van der Waals surface area contributed by atoms with Gasteiger partial charge in [0.25, 0.3) is 6.01 Å². The van der Waals surface area contributed by atoms with Crippen molar-refractivity contribution in [2.75, 3.05) is 0 Å². The molecular weight excluding hydrogens is 200 g/mol. The molecule has 1 aromatic heterocycles. The number of nitrogens with one attached hydrogen (secondary N) is 1. The zero-order valence-corrected chi connectivity index (χ0v) is 9.82. The quantitative estimate of drug-likeness (QED) is 0.850. The van der Waals surface area contributed by atoms with Crippen LogP contribution >= 0.6 is 0 Å². The zero-order chi connectivity index (χ0) is 11.5. The summed E-state index contributed by atoms with van der Waals surface area (Å²) in [4.78, 5) is 7.00. The van der Waals surface area contributed by atoms with Crippen LogP contribution in [0.1, 0.15) is 30.9 Å². The number of aromatic amines is 1. The van der Waals surface area contributed by atoms with E-state index in [2.05, 4.69) is 42.9 Å². The summed E-state index contributed by atoms with van der Waals surface area (Å²) in [6, 6.07) is 6.79. The first-order valence-electron chi connectivity index (χ1n) is 5.44. The van der Waals surface area contributed by atoms with Gasteiger partial charge in [0.15, 0.2) is 0 Å². The molecule has 2 aromatic rings. The summed E-state index contributed by atoms with van der Waals surface area (Å²) in [6.07, 6.45) is 3.43. The van der Waals surface area contributed by atoms with Crippen molar-refractivity contribution in [3.05, 3.63) is 41.7 Å². The molecule has 0 aliphatic carbocycles. The predicted octanol–water partition coefficient (Wildman–Crippen LogP) is 3.63. The molecule has 3 nitrogen and oxygen atoms in total. The van der Waals surface area contributed by atoms with Gasteiger partial charge in [-0.2, -0.15) is 0 Å². The number of hydrogen-bond acceptors (Lipinski definition) is 2. The molecule has 0 radical (unpaired) electrons. The first-order valence-corrected chi connectivity index (χ1v) is 5.44. The standard InChI is InChI=1S/C13H16N2O/c1-9(2)11-5-4-10(3)8-12(11)16-13-14-6-7-15-13/h4-9H,1-3H3,(H,14,15). The molecule has 1 heterocycles. The van der Waals surface area contributed by atoms with Crippen LogP contribution in [0.4, 0.5) is 0 Å². The highest BCUT2D eigenvalue weighted by molar-refractivity contribution is 5.40. The smallest absolute Gasteiger partial charge is 0.299 e. The molecule has 3 heteroatoms. The largest absolute Gasteiger partial charge is 0.425 e. The van der Waals surface area contributed by atoms with Gasteiger partial charge in [-0.3, -0.25) is 0 Å². The second kappa shape index (κ2) is 4.39. The van der Waals surface area contributed by atoms with Crippen LogP contribution in [0.3, 0.4) is 0 Å². The molecule has 0 spiro atoms. The minimum Gasteiger partial charge on any atom is -0.425 e. The van der Waals surface area contributed by atoms with E-state index < -0.39 is 0 Å². The molecule has 2 rings (SSSR count). The topological polar surface area (TPSA) is 37.9 Å².